The smallest absolute Gasteiger partial charge is 0.275 e. The molecule has 6 heteroatoms. The van der Waals surface area contributed by atoms with Crippen molar-refractivity contribution in [1.82, 2.24) is 5.32 Å². The average Bonchev–Trinajstić information content (AvgIpc) is 3.06. The van der Waals surface area contributed by atoms with Gasteiger partial charge in [-0.2, -0.15) is 0 Å². The minimum absolute atomic E-state index is 0.101. The van der Waals surface area contributed by atoms with Gasteiger partial charge in [-0.1, -0.05) is 24.3 Å². The molecule has 2 heterocycles. The molecule has 1 aliphatic heterocycles. The number of carbonyl (C=O) groups is 1. The summed E-state index contributed by atoms with van der Waals surface area (Å²) in [7, 11) is 2.07. The van der Waals surface area contributed by atoms with E-state index in [4.69, 9.17) is 4.74 Å². The predicted octanol–water partition coefficient (Wildman–Crippen LogP) is -0.197. The second kappa shape index (κ2) is 9.99. The first kappa shape index (κ1) is 20.0. The number of thiophene rings is 1. The Bertz CT molecular complexity index is 723. The number of amides is 1. The van der Waals surface area contributed by atoms with E-state index in [1.807, 2.05) is 0 Å². The minimum Gasteiger partial charge on any atom is -0.370 e. The van der Waals surface area contributed by atoms with Crippen LogP contribution in [-0.4, -0.2) is 45.8 Å². The maximum Gasteiger partial charge on any atom is 0.275 e. The highest BCUT2D eigenvalue weighted by Gasteiger charge is 2.14. The number of quaternary nitrogens is 2. The number of nitrogens with one attached hydrogen (secondary N) is 3. The minimum atomic E-state index is 0.101. The van der Waals surface area contributed by atoms with Crippen LogP contribution in [0.2, 0.25) is 0 Å². The van der Waals surface area contributed by atoms with Gasteiger partial charge in [0.1, 0.15) is 26.2 Å². The number of benzene rings is 1. The van der Waals surface area contributed by atoms with E-state index >= 15 is 0 Å². The molecule has 1 saturated heterocycles. The first-order chi connectivity index (χ1) is 13.1. The molecule has 1 amide bonds. The fourth-order valence-electron chi connectivity index (χ4n) is 3.36. The van der Waals surface area contributed by atoms with Crippen molar-refractivity contribution in [1.29, 1.82) is 0 Å². The molecule has 1 atom stereocenters. The van der Waals surface area contributed by atoms with Crippen LogP contribution in [-0.2, 0) is 29.2 Å². The van der Waals surface area contributed by atoms with Gasteiger partial charge in [0.2, 0.25) is 0 Å². The predicted molar refractivity (Wildman–Crippen MR) is 108 cm³/mol. The molecule has 0 radical (unpaired) electrons. The number of rotatable bonds is 8. The van der Waals surface area contributed by atoms with E-state index < -0.39 is 0 Å². The number of aryl methyl sites for hydroxylation is 1. The number of hydrogen-bond donors (Lipinski definition) is 3. The lowest BCUT2D eigenvalue weighted by atomic mass is 10.1. The number of morpholine rings is 1. The Labute approximate surface area is 165 Å². The summed E-state index contributed by atoms with van der Waals surface area (Å²) in [4.78, 5) is 16.4. The summed E-state index contributed by atoms with van der Waals surface area (Å²) in [5, 5.41) is 5.16. The zero-order valence-corrected chi connectivity index (χ0v) is 17.2. The number of carbonyl (C=O) groups excluding carboxylic acids is 1. The van der Waals surface area contributed by atoms with Gasteiger partial charge in [-0.05, 0) is 29.5 Å². The Morgan fingerprint density at radius 1 is 1.19 bits per heavy atom. The summed E-state index contributed by atoms with van der Waals surface area (Å²) >= 11 is 1.77. The van der Waals surface area contributed by atoms with Crippen LogP contribution in [0, 0.1) is 6.92 Å². The van der Waals surface area contributed by atoms with Gasteiger partial charge in [-0.3, -0.25) is 4.79 Å². The molecule has 1 aliphatic rings. The number of ether oxygens (including phenoxy) is 1. The topological polar surface area (TPSA) is 47.2 Å². The van der Waals surface area contributed by atoms with Gasteiger partial charge in [-0.15, -0.1) is 11.3 Å². The van der Waals surface area contributed by atoms with Gasteiger partial charge in [0, 0.05) is 12.1 Å². The van der Waals surface area contributed by atoms with Crippen LogP contribution >= 0.6 is 11.3 Å². The molecule has 0 bridgehead atoms. The molecule has 0 aliphatic carbocycles. The third kappa shape index (κ3) is 6.43. The molecule has 146 valence electrons. The normalized spacial score (nSPS) is 16.2. The molecule has 1 unspecified atom stereocenters. The second-order valence-electron chi connectivity index (χ2n) is 7.47. The van der Waals surface area contributed by atoms with Crippen molar-refractivity contribution in [2.75, 3.05) is 39.9 Å². The lowest BCUT2D eigenvalue weighted by molar-refractivity contribution is -0.921. The first-order valence-electron chi connectivity index (χ1n) is 9.70. The Kier molecular flexibility index (Phi) is 7.41. The van der Waals surface area contributed by atoms with Gasteiger partial charge in [-0.25, -0.2) is 0 Å². The molecule has 3 rings (SSSR count). The first-order valence-corrected chi connectivity index (χ1v) is 10.6. The van der Waals surface area contributed by atoms with Crippen molar-refractivity contribution in [3.63, 3.8) is 0 Å². The number of likely N-dealkylation sites (N-methyl/N-ethyl adjacent to an activating group) is 1. The molecular weight excluding hydrogens is 358 g/mol. The van der Waals surface area contributed by atoms with E-state index in [-0.39, 0.29) is 5.91 Å². The molecule has 1 aromatic carbocycles. The fraction of sp³-hybridized carbons (Fsp3) is 0.476. The highest BCUT2D eigenvalue weighted by molar-refractivity contribution is 7.10. The Morgan fingerprint density at radius 3 is 2.56 bits per heavy atom. The fourth-order valence-corrected chi connectivity index (χ4v) is 4.38. The van der Waals surface area contributed by atoms with Crippen molar-refractivity contribution >= 4 is 17.2 Å². The zero-order chi connectivity index (χ0) is 19.1. The zero-order valence-electron chi connectivity index (χ0n) is 16.3. The summed E-state index contributed by atoms with van der Waals surface area (Å²) in [6.07, 6.45) is 0. The van der Waals surface area contributed by atoms with Crippen LogP contribution in [0.3, 0.4) is 0 Å². The molecule has 0 spiro atoms. The maximum absolute atomic E-state index is 12.2. The number of hydrogen-bond acceptors (Lipinski definition) is 3. The highest BCUT2D eigenvalue weighted by atomic mass is 32.1. The average molecular weight is 390 g/mol. The van der Waals surface area contributed by atoms with Gasteiger partial charge >= 0.3 is 0 Å². The van der Waals surface area contributed by atoms with Gasteiger partial charge in [0.05, 0.1) is 25.1 Å². The third-order valence-corrected chi connectivity index (χ3v) is 6.08. The standard InChI is InChI=1S/C21H29N3O2S/c1-17-7-12-27-20(17)15-23(2)16-21(25)22-13-18-3-5-19(6-4-18)14-24-8-10-26-11-9-24/h3-7,12H,8-11,13-16H2,1-2H3,(H,22,25)/p+2. The van der Waals surface area contributed by atoms with E-state index in [1.165, 1.54) is 20.9 Å². The van der Waals surface area contributed by atoms with Crippen molar-refractivity contribution in [3.05, 3.63) is 57.3 Å². The molecule has 2 aromatic rings. The van der Waals surface area contributed by atoms with Crippen LogP contribution in [0.5, 0.6) is 0 Å². The quantitative estimate of drug-likeness (QED) is 0.586. The van der Waals surface area contributed by atoms with Gasteiger partial charge in [0.15, 0.2) is 6.54 Å². The molecule has 0 saturated carbocycles. The summed E-state index contributed by atoms with van der Waals surface area (Å²) in [5.41, 5.74) is 3.81. The molecule has 1 aromatic heterocycles. The van der Waals surface area contributed by atoms with Crippen molar-refractivity contribution in [2.24, 2.45) is 0 Å². The molecular formula is C21H31N3O2S+2. The SMILES string of the molecule is Cc1ccsc1C[NH+](C)CC(=O)NCc1ccc(C[NH+]2CCOCC2)cc1. The van der Waals surface area contributed by atoms with Crippen molar-refractivity contribution < 1.29 is 19.3 Å². The van der Waals surface area contributed by atoms with E-state index in [0.717, 1.165) is 45.0 Å². The summed E-state index contributed by atoms with van der Waals surface area (Å²) in [5.74, 6) is 0.101. The summed E-state index contributed by atoms with van der Waals surface area (Å²) < 4.78 is 5.41. The molecule has 1 fully saturated rings. The Balaban J connectivity index is 1.39. The Hall–Kier alpha value is -1.73. The lowest BCUT2D eigenvalue weighted by Gasteiger charge is -2.23. The molecule has 3 N–H and O–H groups in total. The molecule has 27 heavy (non-hydrogen) atoms. The lowest BCUT2D eigenvalue weighted by Crippen LogP contribution is -3.12. The summed E-state index contributed by atoms with van der Waals surface area (Å²) in [6, 6.07) is 10.8. The van der Waals surface area contributed by atoms with E-state index in [9.17, 15) is 4.79 Å². The van der Waals surface area contributed by atoms with Crippen LogP contribution in [0.1, 0.15) is 21.6 Å². The van der Waals surface area contributed by atoms with Crippen molar-refractivity contribution in [2.45, 2.75) is 26.6 Å². The van der Waals surface area contributed by atoms with E-state index in [0.29, 0.717) is 13.1 Å². The van der Waals surface area contributed by atoms with Gasteiger partial charge in [0.25, 0.3) is 5.91 Å². The third-order valence-electron chi connectivity index (χ3n) is 5.06. The highest BCUT2D eigenvalue weighted by Crippen LogP contribution is 2.13. The largest absolute Gasteiger partial charge is 0.370 e. The Morgan fingerprint density at radius 2 is 1.89 bits per heavy atom. The van der Waals surface area contributed by atoms with Crippen LogP contribution in [0.4, 0.5) is 0 Å². The molecule has 5 nitrogen and oxygen atoms in total. The van der Waals surface area contributed by atoms with E-state index in [1.54, 1.807) is 16.2 Å². The van der Waals surface area contributed by atoms with Crippen LogP contribution in [0.25, 0.3) is 0 Å². The van der Waals surface area contributed by atoms with Crippen LogP contribution < -0.4 is 15.1 Å². The summed E-state index contributed by atoms with van der Waals surface area (Å²) in [6.45, 7) is 9.05. The monoisotopic (exact) mass is 389 g/mol. The van der Waals surface area contributed by atoms with E-state index in [2.05, 4.69) is 55.0 Å². The second-order valence-corrected chi connectivity index (χ2v) is 8.47. The van der Waals surface area contributed by atoms with Crippen LogP contribution in [0.15, 0.2) is 35.7 Å². The maximum atomic E-state index is 12.2. The van der Waals surface area contributed by atoms with Gasteiger partial charge < -0.3 is 19.9 Å². The van der Waals surface area contributed by atoms with Crippen molar-refractivity contribution in [3.8, 4) is 0 Å².